The molecule has 1 aromatic carbocycles. The Morgan fingerprint density at radius 1 is 1.30 bits per heavy atom. The van der Waals surface area contributed by atoms with Crippen molar-refractivity contribution >= 4 is 16.9 Å². The second-order valence-corrected chi connectivity index (χ2v) is 4.88. The van der Waals surface area contributed by atoms with Gasteiger partial charge in [0.25, 0.3) is 0 Å². The number of carboxylic acids is 1. The van der Waals surface area contributed by atoms with Gasteiger partial charge in [-0.2, -0.15) is 0 Å². The van der Waals surface area contributed by atoms with Crippen molar-refractivity contribution in [3.8, 4) is 5.75 Å². The van der Waals surface area contributed by atoms with Crippen LogP contribution in [0.3, 0.4) is 0 Å². The van der Waals surface area contributed by atoms with Crippen LogP contribution < -0.4 is 10.2 Å². The van der Waals surface area contributed by atoms with Gasteiger partial charge < -0.3 is 14.3 Å². The number of hydrogen-bond acceptors (Lipinski definition) is 4. The van der Waals surface area contributed by atoms with Crippen molar-refractivity contribution in [3.05, 3.63) is 39.7 Å². The third kappa shape index (κ3) is 2.27. The molecular formula is C15H14O5. The van der Waals surface area contributed by atoms with E-state index >= 15 is 0 Å². The van der Waals surface area contributed by atoms with Gasteiger partial charge in [-0.25, -0.2) is 4.79 Å². The number of fused-ring (bicyclic) bond motifs is 2. The van der Waals surface area contributed by atoms with Crippen molar-refractivity contribution in [2.24, 2.45) is 0 Å². The molecule has 0 aliphatic heterocycles. The largest absolute Gasteiger partial charge is 0.482 e. The highest BCUT2D eigenvalue weighted by atomic mass is 16.5. The maximum atomic E-state index is 12.4. The van der Waals surface area contributed by atoms with Crippen molar-refractivity contribution in [1.82, 2.24) is 0 Å². The van der Waals surface area contributed by atoms with Crippen LogP contribution >= 0.6 is 0 Å². The fraction of sp³-hybridized carbons (Fsp3) is 0.333. The van der Waals surface area contributed by atoms with Crippen molar-refractivity contribution in [1.29, 1.82) is 0 Å². The predicted molar refractivity (Wildman–Crippen MR) is 72.3 cm³/mol. The maximum Gasteiger partial charge on any atom is 0.341 e. The van der Waals surface area contributed by atoms with Gasteiger partial charge in [0.05, 0.1) is 5.39 Å². The van der Waals surface area contributed by atoms with E-state index in [4.69, 9.17) is 14.3 Å². The molecule has 0 saturated heterocycles. The zero-order valence-corrected chi connectivity index (χ0v) is 10.8. The number of aryl methyl sites for hydroxylation is 1. The van der Waals surface area contributed by atoms with E-state index in [0.717, 1.165) is 37.0 Å². The van der Waals surface area contributed by atoms with Crippen LogP contribution in [0.4, 0.5) is 0 Å². The molecule has 0 bridgehead atoms. The Bertz CT molecular complexity index is 729. The highest BCUT2D eigenvalue weighted by Crippen LogP contribution is 2.25. The van der Waals surface area contributed by atoms with Crippen LogP contribution in [-0.4, -0.2) is 17.7 Å². The minimum atomic E-state index is -1.04. The lowest BCUT2D eigenvalue weighted by Crippen LogP contribution is -2.16. The summed E-state index contributed by atoms with van der Waals surface area (Å²) in [6, 6.07) is 4.80. The van der Waals surface area contributed by atoms with Gasteiger partial charge in [-0.3, -0.25) is 4.79 Å². The number of benzene rings is 1. The third-order valence-electron chi connectivity index (χ3n) is 3.48. The minimum Gasteiger partial charge on any atom is -0.482 e. The molecule has 104 valence electrons. The average molecular weight is 274 g/mol. The van der Waals surface area contributed by atoms with E-state index in [1.807, 2.05) is 0 Å². The number of carbonyl (C=O) groups is 1. The second kappa shape index (κ2) is 5.00. The monoisotopic (exact) mass is 274 g/mol. The smallest absolute Gasteiger partial charge is 0.341 e. The van der Waals surface area contributed by atoms with Gasteiger partial charge in [0, 0.05) is 18.1 Å². The fourth-order valence-corrected chi connectivity index (χ4v) is 2.54. The first-order valence-corrected chi connectivity index (χ1v) is 6.58. The molecule has 0 amide bonds. The maximum absolute atomic E-state index is 12.4. The van der Waals surface area contributed by atoms with Crippen molar-refractivity contribution in [2.45, 2.75) is 25.7 Å². The molecule has 0 atom stereocenters. The minimum absolute atomic E-state index is 0.0192. The van der Waals surface area contributed by atoms with Crippen LogP contribution in [0, 0.1) is 0 Å². The summed E-state index contributed by atoms with van der Waals surface area (Å²) in [4.78, 5) is 22.8. The van der Waals surface area contributed by atoms with E-state index in [0.29, 0.717) is 16.7 Å². The zero-order chi connectivity index (χ0) is 14.1. The number of aliphatic carboxylic acids is 1. The van der Waals surface area contributed by atoms with Crippen molar-refractivity contribution in [2.75, 3.05) is 6.61 Å². The summed E-state index contributed by atoms with van der Waals surface area (Å²) in [5, 5.41) is 9.11. The van der Waals surface area contributed by atoms with Crippen molar-refractivity contribution in [3.63, 3.8) is 0 Å². The Labute approximate surface area is 114 Å². The molecule has 5 heteroatoms. The van der Waals surface area contributed by atoms with E-state index in [-0.39, 0.29) is 5.43 Å². The van der Waals surface area contributed by atoms with Gasteiger partial charge in [0.2, 0.25) is 0 Å². The molecule has 1 aromatic heterocycles. The molecular weight excluding hydrogens is 260 g/mol. The third-order valence-corrected chi connectivity index (χ3v) is 3.48. The highest BCUT2D eigenvalue weighted by molar-refractivity contribution is 5.79. The molecule has 1 N–H and O–H groups in total. The second-order valence-electron chi connectivity index (χ2n) is 4.88. The van der Waals surface area contributed by atoms with Crippen LogP contribution in [0.25, 0.3) is 11.0 Å². The van der Waals surface area contributed by atoms with Gasteiger partial charge in [-0.1, -0.05) is 0 Å². The van der Waals surface area contributed by atoms with E-state index in [9.17, 15) is 9.59 Å². The first-order chi connectivity index (χ1) is 9.65. The number of rotatable bonds is 3. The molecule has 1 heterocycles. The predicted octanol–water partition coefficient (Wildman–Crippen LogP) is 2.14. The average Bonchev–Trinajstić information content (AvgIpc) is 2.45. The molecule has 0 fully saturated rings. The van der Waals surface area contributed by atoms with Crippen LogP contribution in [0.1, 0.15) is 24.2 Å². The molecule has 2 aromatic rings. The molecule has 1 aliphatic rings. The van der Waals surface area contributed by atoms with Gasteiger partial charge >= 0.3 is 5.97 Å². The van der Waals surface area contributed by atoms with Crippen LogP contribution in [-0.2, 0) is 17.6 Å². The summed E-state index contributed by atoms with van der Waals surface area (Å²) in [6.45, 7) is -0.416. The van der Waals surface area contributed by atoms with E-state index in [2.05, 4.69) is 0 Å². The molecule has 0 unspecified atom stereocenters. The number of carboxylic acid groups (broad SMARTS) is 1. The topological polar surface area (TPSA) is 76.7 Å². The molecule has 1 aliphatic carbocycles. The van der Waals surface area contributed by atoms with E-state index < -0.39 is 12.6 Å². The van der Waals surface area contributed by atoms with Gasteiger partial charge in [0.1, 0.15) is 17.1 Å². The fourth-order valence-electron chi connectivity index (χ4n) is 2.54. The summed E-state index contributed by atoms with van der Waals surface area (Å²) >= 11 is 0. The number of hydrogen-bond donors (Lipinski definition) is 1. The Kier molecular flexibility index (Phi) is 3.18. The van der Waals surface area contributed by atoms with Crippen LogP contribution in [0.2, 0.25) is 0 Å². The normalized spacial score (nSPS) is 14.0. The quantitative estimate of drug-likeness (QED) is 0.927. The lowest BCUT2D eigenvalue weighted by atomic mass is 9.96. The highest BCUT2D eigenvalue weighted by Gasteiger charge is 2.18. The van der Waals surface area contributed by atoms with Crippen molar-refractivity contribution < 1.29 is 19.1 Å². The molecule has 3 rings (SSSR count). The first kappa shape index (κ1) is 12.7. The van der Waals surface area contributed by atoms with Gasteiger partial charge in [-0.05, 0) is 31.4 Å². The molecule has 5 nitrogen and oxygen atoms in total. The SMILES string of the molecule is O=C(O)COc1ccc2c(=O)c3c(oc2c1)CCCC3. The van der Waals surface area contributed by atoms with Gasteiger partial charge in [-0.15, -0.1) is 0 Å². The number of ether oxygens (including phenoxy) is 1. The first-order valence-electron chi connectivity index (χ1n) is 6.58. The van der Waals surface area contributed by atoms with Crippen LogP contribution in [0.15, 0.2) is 27.4 Å². The lowest BCUT2D eigenvalue weighted by molar-refractivity contribution is -0.139. The van der Waals surface area contributed by atoms with E-state index in [1.165, 1.54) is 0 Å². The summed E-state index contributed by atoms with van der Waals surface area (Å²) in [7, 11) is 0. The Morgan fingerprint density at radius 2 is 2.10 bits per heavy atom. The summed E-state index contributed by atoms with van der Waals surface area (Å²) in [5.41, 5.74) is 1.26. The Balaban J connectivity index is 2.06. The van der Waals surface area contributed by atoms with Crippen LogP contribution in [0.5, 0.6) is 5.75 Å². The Hall–Kier alpha value is -2.30. The summed E-state index contributed by atoms with van der Waals surface area (Å²) in [6.07, 6.45) is 3.59. The Morgan fingerprint density at radius 3 is 2.90 bits per heavy atom. The molecule has 0 spiro atoms. The zero-order valence-electron chi connectivity index (χ0n) is 10.8. The molecule has 20 heavy (non-hydrogen) atoms. The lowest BCUT2D eigenvalue weighted by Gasteiger charge is -2.14. The molecule has 0 radical (unpaired) electrons. The standard InChI is InChI=1S/C15H14O5/c16-14(17)8-19-9-5-6-11-13(7-9)20-12-4-2-1-3-10(12)15(11)18/h5-7H,1-4,8H2,(H,16,17). The summed E-state index contributed by atoms with van der Waals surface area (Å²) in [5.74, 6) is 0.0972. The van der Waals surface area contributed by atoms with Gasteiger partial charge in [0.15, 0.2) is 12.0 Å². The molecule has 0 saturated carbocycles. The van der Waals surface area contributed by atoms with E-state index in [1.54, 1.807) is 18.2 Å². The summed E-state index contributed by atoms with van der Waals surface area (Å²) < 4.78 is 10.9.